The second kappa shape index (κ2) is 14.8. The average Bonchev–Trinajstić information content (AvgIpc) is 3.12. The van der Waals surface area contributed by atoms with Gasteiger partial charge < -0.3 is 20.0 Å². The number of rotatable bonds is 6. The van der Waals surface area contributed by atoms with Crippen LogP contribution in [0.2, 0.25) is 0 Å². The predicted molar refractivity (Wildman–Crippen MR) is 206 cm³/mol. The van der Waals surface area contributed by atoms with Crippen LogP contribution in [0.4, 0.5) is 11.4 Å². The third-order valence-corrected chi connectivity index (χ3v) is 12.9. The Balaban J connectivity index is 0.921. The van der Waals surface area contributed by atoms with Gasteiger partial charge in [-0.1, -0.05) is 12.1 Å². The molecule has 1 spiro atoms. The highest BCUT2D eigenvalue weighted by molar-refractivity contribution is 9.10. The van der Waals surface area contributed by atoms with Gasteiger partial charge in [-0.05, 0) is 133 Å². The van der Waals surface area contributed by atoms with Gasteiger partial charge in [0.15, 0.2) is 0 Å². The van der Waals surface area contributed by atoms with E-state index in [1.807, 2.05) is 17.0 Å². The number of aryl methyl sites for hydroxylation is 3. The number of carbonyl (C=O) groups excluding carboxylic acids is 3. The molecule has 12 heteroatoms. The number of benzene rings is 2. The molecule has 4 saturated heterocycles. The van der Waals surface area contributed by atoms with Crippen LogP contribution in [0.15, 0.2) is 51.9 Å². The summed E-state index contributed by atoms with van der Waals surface area (Å²) in [6.07, 6.45) is 7.83. The number of hydrogen-bond acceptors (Lipinski definition) is 8. The second-order valence-corrected chi connectivity index (χ2v) is 16.5. The van der Waals surface area contributed by atoms with E-state index in [0.717, 1.165) is 93.6 Å². The Kier molecular flexibility index (Phi) is 10.3. The Morgan fingerprint density at radius 2 is 1.60 bits per heavy atom. The van der Waals surface area contributed by atoms with E-state index in [-0.39, 0.29) is 40.7 Å². The normalized spacial score (nSPS) is 23.8. The van der Waals surface area contributed by atoms with Gasteiger partial charge in [0.1, 0.15) is 4.47 Å². The molecule has 7 rings (SSSR count). The second-order valence-electron chi connectivity index (χ2n) is 15.7. The smallest absolute Gasteiger partial charge is 0.282 e. The van der Waals surface area contributed by atoms with Gasteiger partial charge >= 0.3 is 0 Å². The highest BCUT2D eigenvalue weighted by Crippen LogP contribution is 2.43. The number of aromatic nitrogens is 2. The predicted octanol–water partition coefficient (Wildman–Crippen LogP) is 5.10. The van der Waals surface area contributed by atoms with Crippen molar-refractivity contribution in [3.8, 4) is 0 Å². The fraction of sp³-hybridized carbons (Fsp3) is 0.525. The van der Waals surface area contributed by atoms with E-state index in [1.54, 1.807) is 13.2 Å². The summed E-state index contributed by atoms with van der Waals surface area (Å²) in [6.45, 7) is 9.49. The molecule has 0 aliphatic carbocycles. The first-order valence-corrected chi connectivity index (χ1v) is 19.4. The maximum absolute atomic E-state index is 13.6. The van der Waals surface area contributed by atoms with E-state index >= 15 is 0 Å². The molecule has 52 heavy (non-hydrogen) atoms. The molecule has 4 aliphatic rings. The molecule has 0 radical (unpaired) electrons. The fourth-order valence-corrected chi connectivity index (χ4v) is 9.63. The van der Waals surface area contributed by atoms with Gasteiger partial charge in [0, 0.05) is 70.0 Å². The maximum atomic E-state index is 13.6. The molecule has 2 N–H and O–H groups in total. The highest BCUT2D eigenvalue weighted by Gasteiger charge is 2.39. The number of hydrogen-bond donors (Lipinski definition) is 2. The van der Waals surface area contributed by atoms with Crippen molar-refractivity contribution in [3.05, 3.63) is 85.2 Å². The third kappa shape index (κ3) is 7.42. The first-order chi connectivity index (χ1) is 24.9. The van der Waals surface area contributed by atoms with Crippen LogP contribution in [0.1, 0.15) is 89.4 Å². The molecular formula is C40H50BrN7O4. The monoisotopic (exact) mass is 771 g/mol. The summed E-state index contributed by atoms with van der Waals surface area (Å²) in [4.78, 5) is 57.1. The lowest BCUT2D eigenvalue weighted by atomic mass is 9.71. The summed E-state index contributed by atoms with van der Waals surface area (Å²) in [7, 11) is 3.76. The van der Waals surface area contributed by atoms with Crippen molar-refractivity contribution in [1.82, 2.24) is 24.9 Å². The van der Waals surface area contributed by atoms with Crippen molar-refractivity contribution < 1.29 is 14.4 Å². The SMILES string of the molecule is Cc1cc(N2CCC3(CCN(C(=O)c4ccc([C@H]5C[C@@H](Nc6cnn(C)c(=O)c6Br)CN(C)C5)cc4)CC3)CC2)cc(C)c1C1CCC(=O)NC1=O. The van der Waals surface area contributed by atoms with Crippen LogP contribution in [0.25, 0.3) is 0 Å². The molecule has 3 aromatic rings. The zero-order chi connectivity index (χ0) is 36.7. The molecule has 3 amide bonds. The Morgan fingerprint density at radius 3 is 2.25 bits per heavy atom. The van der Waals surface area contributed by atoms with E-state index in [2.05, 4.69) is 86.6 Å². The first-order valence-electron chi connectivity index (χ1n) is 18.7. The van der Waals surface area contributed by atoms with E-state index in [4.69, 9.17) is 0 Å². The third-order valence-electron chi connectivity index (χ3n) is 12.2. The Morgan fingerprint density at radius 1 is 0.942 bits per heavy atom. The Bertz CT molecular complexity index is 1890. The molecule has 1 aromatic heterocycles. The lowest BCUT2D eigenvalue weighted by molar-refractivity contribution is -0.134. The molecule has 3 atom stereocenters. The lowest BCUT2D eigenvalue weighted by Crippen LogP contribution is -2.48. The van der Waals surface area contributed by atoms with Crippen molar-refractivity contribution in [3.63, 3.8) is 0 Å². The number of nitrogens with zero attached hydrogens (tertiary/aromatic N) is 5. The zero-order valence-corrected chi connectivity index (χ0v) is 32.3. The molecule has 0 bridgehead atoms. The maximum Gasteiger partial charge on any atom is 0.282 e. The van der Waals surface area contributed by atoms with Gasteiger partial charge in [-0.3, -0.25) is 24.5 Å². The molecule has 2 aromatic carbocycles. The van der Waals surface area contributed by atoms with Crippen LogP contribution in [0, 0.1) is 19.3 Å². The molecule has 4 aliphatic heterocycles. The van der Waals surface area contributed by atoms with E-state index in [0.29, 0.717) is 28.9 Å². The van der Waals surface area contributed by atoms with Crippen molar-refractivity contribution in [2.24, 2.45) is 12.5 Å². The minimum absolute atomic E-state index is 0.115. The molecular weight excluding hydrogens is 722 g/mol. The van der Waals surface area contributed by atoms with Crippen LogP contribution < -0.4 is 21.1 Å². The van der Waals surface area contributed by atoms with Crippen LogP contribution >= 0.6 is 15.9 Å². The summed E-state index contributed by atoms with van der Waals surface area (Å²) in [5.74, 6) is -0.213. The van der Waals surface area contributed by atoms with Gasteiger partial charge in [-0.15, -0.1) is 0 Å². The van der Waals surface area contributed by atoms with Gasteiger partial charge in [0.25, 0.3) is 11.5 Å². The molecule has 0 saturated carbocycles. The summed E-state index contributed by atoms with van der Waals surface area (Å²) >= 11 is 3.43. The van der Waals surface area contributed by atoms with Gasteiger partial charge in [0.2, 0.25) is 11.8 Å². The van der Waals surface area contributed by atoms with E-state index in [9.17, 15) is 19.2 Å². The number of imide groups is 1. The van der Waals surface area contributed by atoms with Crippen molar-refractivity contribution >= 4 is 45.0 Å². The number of piperidine rings is 4. The minimum atomic E-state index is -0.266. The number of amides is 3. The summed E-state index contributed by atoms with van der Waals surface area (Å²) < 4.78 is 1.81. The number of likely N-dealkylation sites (N-methyl/N-ethyl adjacent to an activating group) is 1. The minimum Gasteiger partial charge on any atom is -0.379 e. The summed E-state index contributed by atoms with van der Waals surface area (Å²) in [5, 5.41) is 10.2. The van der Waals surface area contributed by atoms with Gasteiger partial charge in [-0.25, -0.2) is 4.68 Å². The first kappa shape index (κ1) is 36.3. The molecule has 276 valence electrons. The number of halogens is 1. The largest absolute Gasteiger partial charge is 0.379 e. The molecule has 1 unspecified atom stereocenters. The molecule has 11 nitrogen and oxygen atoms in total. The lowest BCUT2D eigenvalue weighted by Gasteiger charge is -2.47. The number of likely N-dealkylation sites (tertiary alicyclic amines) is 2. The van der Waals surface area contributed by atoms with E-state index < -0.39 is 0 Å². The number of anilines is 2. The topological polar surface area (TPSA) is 120 Å². The summed E-state index contributed by atoms with van der Waals surface area (Å²) in [5.41, 5.74) is 7.26. The van der Waals surface area contributed by atoms with Crippen molar-refractivity contribution in [1.29, 1.82) is 0 Å². The van der Waals surface area contributed by atoms with Crippen molar-refractivity contribution in [2.75, 3.05) is 56.5 Å². The zero-order valence-electron chi connectivity index (χ0n) is 30.7. The Labute approximate surface area is 314 Å². The van der Waals surface area contributed by atoms with Crippen LogP contribution in [0.3, 0.4) is 0 Å². The van der Waals surface area contributed by atoms with Gasteiger partial charge in [0.05, 0.1) is 17.8 Å². The number of nitrogens with one attached hydrogen (secondary N) is 2. The summed E-state index contributed by atoms with van der Waals surface area (Å²) in [6, 6.07) is 12.8. The average molecular weight is 773 g/mol. The quantitative estimate of drug-likeness (QED) is 0.333. The highest BCUT2D eigenvalue weighted by atomic mass is 79.9. The Hall–Kier alpha value is -4.03. The number of carbonyl (C=O) groups is 3. The van der Waals surface area contributed by atoms with Crippen molar-refractivity contribution in [2.45, 2.75) is 76.7 Å². The molecule has 5 heterocycles. The fourth-order valence-electron chi connectivity index (χ4n) is 9.15. The van der Waals surface area contributed by atoms with Crippen LogP contribution in [0.5, 0.6) is 0 Å². The van der Waals surface area contributed by atoms with Gasteiger partial charge in [-0.2, -0.15) is 5.10 Å². The standard InChI is InChI=1S/C40H50BrN7O4/c1-25-19-31(20-26(2)35(25)32-9-10-34(49)44-37(32)50)47-15-11-40(12-16-47)13-17-48(18-14-40)38(51)28-7-5-27(6-8-28)29-21-30(24-45(3)23-29)43-33-22-42-46(4)39(52)36(33)41/h5-8,19-20,22,29-30,32,43H,9-18,21,23-24H2,1-4H3,(H,44,49,50)/t29-,30+,32?/m0/s1. The van der Waals surface area contributed by atoms with E-state index in [1.165, 1.54) is 15.9 Å². The molecule has 4 fully saturated rings. The van der Waals surface area contributed by atoms with Crippen LogP contribution in [-0.4, -0.2) is 89.7 Å². The van der Waals surface area contributed by atoms with Crippen LogP contribution in [-0.2, 0) is 16.6 Å².